The van der Waals surface area contributed by atoms with Gasteiger partial charge in [-0.1, -0.05) is 31.5 Å². The molecule has 0 aromatic heterocycles. The molecule has 1 aromatic carbocycles. The zero-order chi connectivity index (χ0) is 13.2. The van der Waals surface area contributed by atoms with Gasteiger partial charge in [-0.3, -0.25) is 0 Å². The topological polar surface area (TPSA) is 15.3 Å². The fourth-order valence-corrected chi connectivity index (χ4v) is 4.05. The Hall–Kier alpha value is -1.02. The van der Waals surface area contributed by atoms with Crippen LogP contribution in [0.4, 0.5) is 5.69 Å². The average molecular weight is 258 g/mol. The summed E-state index contributed by atoms with van der Waals surface area (Å²) in [6.45, 7) is 2.28. The van der Waals surface area contributed by atoms with Gasteiger partial charge in [0.05, 0.1) is 0 Å². The van der Waals surface area contributed by atoms with Crippen molar-refractivity contribution in [3.63, 3.8) is 0 Å². The number of anilines is 1. The monoisotopic (exact) mass is 258 g/mol. The van der Waals surface area contributed by atoms with Gasteiger partial charge >= 0.3 is 0 Å². The smallest absolute Gasteiger partial charge is 0.0403 e. The summed E-state index contributed by atoms with van der Waals surface area (Å²) in [6, 6.07) is 11.3. The van der Waals surface area contributed by atoms with E-state index in [0.717, 1.165) is 18.1 Å². The third-order valence-electron chi connectivity index (χ3n) is 4.93. The largest absolute Gasteiger partial charge is 0.365 e. The van der Waals surface area contributed by atoms with Gasteiger partial charge in [-0.2, -0.15) is 0 Å². The first-order valence-corrected chi connectivity index (χ1v) is 7.87. The minimum atomic E-state index is 0.729. The van der Waals surface area contributed by atoms with E-state index in [9.17, 15) is 0 Å². The minimum Gasteiger partial charge on any atom is -0.365 e. The fraction of sp³-hybridized carbons (Fsp3) is 0.647. The summed E-state index contributed by atoms with van der Waals surface area (Å²) in [5.41, 5.74) is 3.07. The van der Waals surface area contributed by atoms with E-state index in [1.807, 2.05) is 0 Å². The molecule has 2 heteroatoms. The summed E-state index contributed by atoms with van der Waals surface area (Å²) in [6.07, 6.45) is 7.83. The van der Waals surface area contributed by atoms with E-state index < -0.39 is 0 Å². The van der Waals surface area contributed by atoms with Crippen molar-refractivity contribution in [1.82, 2.24) is 5.32 Å². The Bertz CT molecular complexity index is 415. The number of fused-ring (bicyclic) bond motifs is 2. The standard InChI is InChI=1S/C17H26N2/c1-3-6-13-7-4-5-8-17(13)19-15-9-10-16(19)12-14(11-15)18-2/h4-5,7-8,14-16,18H,3,6,9-12H2,1-2H3. The van der Waals surface area contributed by atoms with Gasteiger partial charge in [-0.05, 0) is 50.8 Å². The molecule has 3 rings (SSSR count). The van der Waals surface area contributed by atoms with E-state index in [0.29, 0.717) is 0 Å². The lowest BCUT2D eigenvalue weighted by atomic mass is 9.95. The van der Waals surface area contributed by atoms with Gasteiger partial charge < -0.3 is 10.2 Å². The highest BCUT2D eigenvalue weighted by atomic mass is 15.2. The second kappa shape index (κ2) is 5.54. The second-order valence-corrected chi connectivity index (χ2v) is 6.13. The van der Waals surface area contributed by atoms with Crippen LogP contribution in [0.5, 0.6) is 0 Å². The van der Waals surface area contributed by atoms with Gasteiger partial charge in [-0.25, -0.2) is 0 Å². The molecular weight excluding hydrogens is 232 g/mol. The predicted molar refractivity (Wildman–Crippen MR) is 81.8 cm³/mol. The first-order chi connectivity index (χ1) is 9.33. The molecule has 0 spiro atoms. The van der Waals surface area contributed by atoms with Crippen molar-refractivity contribution >= 4 is 5.69 Å². The van der Waals surface area contributed by atoms with Gasteiger partial charge in [0.1, 0.15) is 0 Å². The van der Waals surface area contributed by atoms with Crippen molar-refractivity contribution in [2.75, 3.05) is 11.9 Å². The lowest BCUT2D eigenvalue weighted by molar-refractivity contribution is 0.373. The van der Waals surface area contributed by atoms with Crippen LogP contribution < -0.4 is 10.2 Å². The van der Waals surface area contributed by atoms with Crippen LogP contribution in [0.1, 0.15) is 44.6 Å². The summed E-state index contributed by atoms with van der Waals surface area (Å²) in [5.74, 6) is 0. The Labute approximate surface area is 117 Å². The van der Waals surface area contributed by atoms with Gasteiger partial charge in [0.25, 0.3) is 0 Å². The van der Waals surface area contributed by atoms with Crippen LogP contribution in [0.25, 0.3) is 0 Å². The lowest BCUT2D eigenvalue weighted by Gasteiger charge is -2.41. The molecule has 2 fully saturated rings. The first kappa shape index (κ1) is 13.0. The number of hydrogen-bond acceptors (Lipinski definition) is 2. The molecule has 0 saturated carbocycles. The molecule has 0 aliphatic carbocycles. The number of hydrogen-bond donors (Lipinski definition) is 1. The molecule has 1 N–H and O–H groups in total. The molecule has 1 aromatic rings. The maximum atomic E-state index is 3.49. The van der Waals surface area contributed by atoms with E-state index in [1.54, 1.807) is 5.56 Å². The predicted octanol–water partition coefficient (Wildman–Crippen LogP) is 3.36. The number of rotatable bonds is 4. The zero-order valence-corrected chi connectivity index (χ0v) is 12.2. The second-order valence-electron chi connectivity index (χ2n) is 6.13. The molecule has 2 bridgehead atoms. The summed E-state index contributed by atoms with van der Waals surface area (Å²) in [7, 11) is 2.12. The average Bonchev–Trinajstić information content (AvgIpc) is 2.70. The molecule has 0 radical (unpaired) electrons. The summed E-state index contributed by atoms with van der Waals surface area (Å²) >= 11 is 0. The molecular formula is C17H26N2. The highest BCUT2D eigenvalue weighted by molar-refractivity contribution is 5.57. The first-order valence-electron chi connectivity index (χ1n) is 7.87. The SMILES string of the molecule is CCCc1ccccc1N1C2CCC1CC(NC)C2. The Kier molecular flexibility index (Phi) is 3.79. The summed E-state index contributed by atoms with van der Waals surface area (Å²) < 4.78 is 0. The maximum absolute atomic E-state index is 3.49. The van der Waals surface area contributed by atoms with Crippen LogP contribution in [-0.4, -0.2) is 25.2 Å². The number of nitrogens with zero attached hydrogens (tertiary/aromatic N) is 1. The Morgan fingerprint density at radius 2 is 1.84 bits per heavy atom. The third-order valence-corrected chi connectivity index (χ3v) is 4.93. The van der Waals surface area contributed by atoms with Gasteiger partial charge in [0.15, 0.2) is 0 Å². The highest BCUT2D eigenvalue weighted by Crippen LogP contribution is 2.40. The van der Waals surface area contributed by atoms with E-state index in [4.69, 9.17) is 0 Å². The number of para-hydroxylation sites is 1. The van der Waals surface area contributed by atoms with E-state index in [-0.39, 0.29) is 0 Å². The molecule has 0 amide bonds. The van der Waals surface area contributed by atoms with E-state index >= 15 is 0 Å². The molecule has 2 unspecified atom stereocenters. The molecule has 19 heavy (non-hydrogen) atoms. The van der Waals surface area contributed by atoms with Crippen LogP contribution >= 0.6 is 0 Å². The molecule has 2 heterocycles. The zero-order valence-electron chi connectivity index (χ0n) is 12.2. The van der Waals surface area contributed by atoms with E-state index in [2.05, 4.69) is 48.5 Å². The number of benzene rings is 1. The number of nitrogens with one attached hydrogen (secondary N) is 1. The maximum Gasteiger partial charge on any atom is 0.0403 e. The van der Waals surface area contributed by atoms with Crippen molar-refractivity contribution in [2.45, 2.75) is 63.6 Å². The van der Waals surface area contributed by atoms with Crippen molar-refractivity contribution in [1.29, 1.82) is 0 Å². The van der Waals surface area contributed by atoms with Crippen LogP contribution in [0.3, 0.4) is 0 Å². The number of aryl methyl sites for hydroxylation is 1. The minimum absolute atomic E-state index is 0.729. The molecule has 2 aliphatic rings. The van der Waals surface area contributed by atoms with Crippen molar-refractivity contribution in [3.05, 3.63) is 29.8 Å². The highest BCUT2D eigenvalue weighted by Gasteiger charge is 2.40. The van der Waals surface area contributed by atoms with Gasteiger partial charge in [0, 0.05) is 23.8 Å². The molecule has 104 valence electrons. The van der Waals surface area contributed by atoms with Gasteiger partial charge in [-0.15, -0.1) is 0 Å². The van der Waals surface area contributed by atoms with Crippen LogP contribution in [0, 0.1) is 0 Å². The number of piperidine rings is 1. The Balaban J connectivity index is 1.87. The Morgan fingerprint density at radius 3 is 2.47 bits per heavy atom. The van der Waals surface area contributed by atoms with Crippen LogP contribution in [0.15, 0.2) is 24.3 Å². The summed E-state index contributed by atoms with van der Waals surface area (Å²) in [4.78, 5) is 2.75. The van der Waals surface area contributed by atoms with E-state index in [1.165, 1.54) is 44.2 Å². The Morgan fingerprint density at radius 1 is 1.16 bits per heavy atom. The van der Waals surface area contributed by atoms with Gasteiger partial charge in [0.2, 0.25) is 0 Å². The molecule has 2 nitrogen and oxygen atoms in total. The van der Waals surface area contributed by atoms with Crippen molar-refractivity contribution in [2.24, 2.45) is 0 Å². The normalized spacial score (nSPS) is 29.8. The summed E-state index contributed by atoms with van der Waals surface area (Å²) in [5, 5.41) is 3.49. The molecule has 2 atom stereocenters. The molecule has 2 saturated heterocycles. The van der Waals surface area contributed by atoms with Crippen LogP contribution in [0.2, 0.25) is 0 Å². The van der Waals surface area contributed by atoms with Crippen molar-refractivity contribution in [3.8, 4) is 0 Å². The lowest BCUT2D eigenvalue weighted by Crippen LogP contribution is -2.48. The fourth-order valence-electron chi connectivity index (χ4n) is 4.05. The third kappa shape index (κ3) is 2.38. The van der Waals surface area contributed by atoms with Crippen LogP contribution in [-0.2, 0) is 6.42 Å². The quantitative estimate of drug-likeness (QED) is 0.891. The molecule has 2 aliphatic heterocycles. The van der Waals surface area contributed by atoms with Crippen molar-refractivity contribution < 1.29 is 0 Å².